The maximum atomic E-state index is 14.9. The molecule has 7 nitrogen and oxygen atoms in total. The molecule has 178 valence electrons. The van der Waals surface area contributed by atoms with Crippen molar-refractivity contribution in [2.45, 2.75) is 50.7 Å². The van der Waals surface area contributed by atoms with Gasteiger partial charge in [0.2, 0.25) is 5.88 Å². The van der Waals surface area contributed by atoms with Crippen LogP contribution in [0.4, 0.5) is 13.2 Å². The number of Topliss-reactive ketones (excluding diaryl/α,β-unsaturated/α-hetero) is 1. The Balaban J connectivity index is 1.59. The molecule has 2 N–H and O–H groups in total. The van der Waals surface area contributed by atoms with E-state index < -0.39 is 35.7 Å². The zero-order valence-corrected chi connectivity index (χ0v) is 18.6. The molecule has 10 heteroatoms. The van der Waals surface area contributed by atoms with Gasteiger partial charge in [-0.3, -0.25) is 4.79 Å². The van der Waals surface area contributed by atoms with Crippen LogP contribution in [-0.2, 0) is 16.7 Å². The summed E-state index contributed by atoms with van der Waals surface area (Å²) < 4.78 is 55.1. The number of fused-ring (bicyclic) bond motifs is 1. The van der Waals surface area contributed by atoms with Gasteiger partial charge < -0.3 is 15.2 Å². The van der Waals surface area contributed by atoms with Crippen LogP contribution in [0.3, 0.4) is 0 Å². The Kier molecular flexibility index (Phi) is 6.21. The van der Waals surface area contributed by atoms with Crippen LogP contribution >= 0.6 is 0 Å². The fourth-order valence-electron chi connectivity index (χ4n) is 4.60. The molecule has 2 heterocycles. The molecule has 0 saturated heterocycles. The van der Waals surface area contributed by atoms with Gasteiger partial charge in [-0.15, -0.1) is 5.92 Å². The number of rotatable bonds is 6. The van der Waals surface area contributed by atoms with Crippen LogP contribution in [0.1, 0.15) is 48.3 Å². The van der Waals surface area contributed by atoms with Crippen molar-refractivity contribution in [2.24, 2.45) is 16.6 Å². The Labute approximate surface area is 194 Å². The third-order valence-electron chi connectivity index (χ3n) is 6.13. The van der Waals surface area contributed by atoms with Crippen molar-refractivity contribution in [3.05, 3.63) is 53.2 Å². The number of alkyl halides is 2. The lowest BCUT2D eigenvalue weighted by Crippen LogP contribution is -2.51. The summed E-state index contributed by atoms with van der Waals surface area (Å²) in [6, 6.07) is 3.69. The van der Waals surface area contributed by atoms with E-state index in [4.69, 9.17) is 15.2 Å². The lowest BCUT2D eigenvalue weighted by atomic mass is 9.75. The molecule has 4 rings (SSSR count). The van der Waals surface area contributed by atoms with E-state index in [-0.39, 0.29) is 48.4 Å². The van der Waals surface area contributed by atoms with Gasteiger partial charge in [0.05, 0.1) is 18.3 Å². The molecule has 0 spiro atoms. The van der Waals surface area contributed by atoms with Crippen LogP contribution in [0.15, 0.2) is 35.6 Å². The summed E-state index contributed by atoms with van der Waals surface area (Å²) in [4.78, 5) is 24.9. The molecule has 1 saturated carbocycles. The second kappa shape index (κ2) is 8.97. The van der Waals surface area contributed by atoms with Crippen LogP contribution < -0.4 is 10.5 Å². The highest BCUT2D eigenvalue weighted by Crippen LogP contribution is 2.54. The van der Waals surface area contributed by atoms with Crippen molar-refractivity contribution in [1.29, 1.82) is 0 Å². The van der Waals surface area contributed by atoms with Crippen molar-refractivity contribution in [2.75, 3.05) is 6.61 Å². The Morgan fingerprint density at radius 3 is 2.82 bits per heavy atom. The van der Waals surface area contributed by atoms with E-state index in [1.807, 2.05) is 0 Å². The van der Waals surface area contributed by atoms with Gasteiger partial charge in [0.25, 0.3) is 11.9 Å². The van der Waals surface area contributed by atoms with Gasteiger partial charge in [0.1, 0.15) is 23.2 Å². The number of hydrogen-bond acceptors (Lipinski definition) is 7. The third-order valence-corrected chi connectivity index (χ3v) is 6.13. The van der Waals surface area contributed by atoms with Gasteiger partial charge >= 0.3 is 0 Å². The number of carbonyl (C=O) groups is 1. The number of hydrogen-bond donors (Lipinski definition) is 1. The Morgan fingerprint density at radius 1 is 1.32 bits per heavy atom. The normalized spacial score (nSPS) is 24.8. The minimum Gasteiger partial charge on any atom is -0.463 e. The molecule has 0 bridgehead atoms. The van der Waals surface area contributed by atoms with E-state index in [0.29, 0.717) is 5.56 Å². The summed E-state index contributed by atoms with van der Waals surface area (Å²) in [5.74, 6) is 0.0348. The van der Waals surface area contributed by atoms with E-state index in [0.717, 1.165) is 6.07 Å². The molecule has 0 amide bonds. The zero-order valence-electron chi connectivity index (χ0n) is 18.6. The van der Waals surface area contributed by atoms with E-state index in [1.54, 1.807) is 6.92 Å². The van der Waals surface area contributed by atoms with Crippen molar-refractivity contribution >= 4 is 11.8 Å². The maximum Gasteiger partial charge on any atom is 0.283 e. The Morgan fingerprint density at radius 2 is 2.12 bits per heavy atom. The standard InChI is InChI=1S/C24H23F3N4O3/c1-3-4-9-33-20-13-29-17(12-30-20)18(32)11-14-5-6-16(25)15(10-14)23(2)21-19(34-22(28)31-23)7-8-24(21,26)27/h5-6,10,12-13,19,21H,7-9,11H2,1-2H3,(H2,28,31)/t19-,21+,23-/m1/s1. The molecule has 1 aromatic carbocycles. The molecule has 1 aromatic heterocycles. The molecule has 2 aliphatic rings. The maximum absolute atomic E-state index is 14.9. The van der Waals surface area contributed by atoms with Gasteiger partial charge in [-0.25, -0.2) is 28.1 Å². The largest absolute Gasteiger partial charge is 0.463 e. The number of aromatic nitrogens is 2. The SMILES string of the molecule is CC#CCOc1cnc(C(=O)Cc2ccc(F)c([C@@]3(C)N=C(N)O[C@@H]4CCC(F)(F)[C@@H]43)c2)cn1. The first-order valence-corrected chi connectivity index (χ1v) is 10.7. The number of nitrogens with two attached hydrogens (primary N) is 1. The molecule has 2 aromatic rings. The summed E-state index contributed by atoms with van der Waals surface area (Å²) in [5.41, 5.74) is 4.54. The van der Waals surface area contributed by atoms with E-state index >= 15 is 0 Å². The molecular weight excluding hydrogens is 449 g/mol. The summed E-state index contributed by atoms with van der Waals surface area (Å²) in [7, 11) is 0. The van der Waals surface area contributed by atoms with Gasteiger partial charge in [0.15, 0.2) is 12.4 Å². The van der Waals surface area contributed by atoms with Crippen LogP contribution in [0, 0.1) is 23.6 Å². The second-order valence-corrected chi connectivity index (χ2v) is 8.40. The van der Waals surface area contributed by atoms with Gasteiger partial charge in [0, 0.05) is 18.4 Å². The fraction of sp³-hybridized carbons (Fsp3) is 0.417. The number of benzene rings is 1. The number of nitrogens with zero attached hydrogens (tertiary/aromatic N) is 3. The minimum atomic E-state index is -3.11. The highest BCUT2D eigenvalue weighted by atomic mass is 19.3. The topological polar surface area (TPSA) is 99.7 Å². The summed E-state index contributed by atoms with van der Waals surface area (Å²) in [6.45, 7) is 3.25. The second-order valence-electron chi connectivity index (χ2n) is 8.40. The number of halogens is 3. The van der Waals surface area contributed by atoms with E-state index in [2.05, 4.69) is 26.8 Å². The van der Waals surface area contributed by atoms with Crippen molar-refractivity contribution in [1.82, 2.24) is 9.97 Å². The van der Waals surface area contributed by atoms with Crippen LogP contribution in [-0.4, -0.2) is 40.4 Å². The van der Waals surface area contributed by atoms with Crippen molar-refractivity contribution in [3.8, 4) is 17.7 Å². The van der Waals surface area contributed by atoms with E-state index in [1.165, 1.54) is 31.5 Å². The third kappa shape index (κ3) is 4.42. The van der Waals surface area contributed by atoms with Crippen LogP contribution in [0.2, 0.25) is 0 Å². The lowest BCUT2D eigenvalue weighted by Gasteiger charge is -2.41. The van der Waals surface area contributed by atoms with Crippen molar-refractivity contribution < 1.29 is 27.4 Å². The smallest absolute Gasteiger partial charge is 0.283 e. The fourth-order valence-corrected chi connectivity index (χ4v) is 4.60. The average molecular weight is 472 g/mol. The average Bonchev–Trinajstić information content (AvgIpc) is 3.10. The first-order chi connectivity index (χ1) is 16.1. The number of amidine groups is 1. The molecular formula is C24H23F3N4O3. The molecule has 3 atom stereocenters. The van der Waals surface area contributed by atoms with Crippen LogP contribution in [0.5, 0.6) is 5.88 Å². The quantitative estimate of drug-likeness (QED) is 0.511. The zero-order chi connectivity index (χ0) is 24.5. The Bertz CT molecular complexity index is 1190. The number of ketones is 1. The van der Waals surface area contributed by atoms with Crippen molar-refractivity contribution in [3.63, 3.8) is 0 Å². The Hall–Kier alpha value is -3.61. The lowest BCUT2D eigenvalue weighted by molar-refractivity contribution is -0.0961. The van der Waals surface area contributed by atoms with Crippen LogP contribution in [0.25, 0.3) is 0 Å². The number of aliphatic imine (C=N–C) groups is 1. The van der Waals surface area contributed by atoms with Gasteiger partial charge in [-0.2, -0.15) is 0 Å². The van der Waals surface area contributed by atoms with Gasteiger partial charge in [-0.1, -0.05) is 12.0 Å². The highest BCUT2D eigenvalue weighted by molar-refractivity contribution is 5.95. The molecule has 0 radical (unpaired) electrons. The monoisotopic (exact) mass is 472 g/mol. The summed E-state index contributed by atoms with van der Waals surface area (Å²) in [5, 5.41) is 0. The summed E-state index contributed by atoms with van der Waals surface area (Å²) in [6.07, 6.45) is 1.26. The predicted molar refractivity (Wildman–Crippen MR) is 117 cm³/mol. The highest BCUT2D eigenvalue weighted by Gasteiger charge is 2.62. The number of carbonyl (C=O) groups excluding carboxylic acids is 1. The van der Waals surface area contributed by atoms with E-state index in [9.17, 15) is 18.0 Å². The molecule has 0 unspecified atom stereocenters. The molecule has 1 aliphatic carbocycles. The molecule has 1 fully saturated rings. The van der Waals surface area contributed by atoms with Gasteiger partial charge in [-0.05, 0) is 38.0 Å². The number of ether oxygens (including phenoxy) is 2. The summed E-state index contributed by atoms with van der Waals surface area (Å²) >= 11 is 0. The molecule has 1 aliphatic heterocycles. The minimum absolute atomic E-state index is 0.0625. The first kappa shape index (κ1) is 23.5. The predicted octanol–water partition coefficient (Wildman–Crippen LogP) is 3.42. The first-order valence-electron chi connectivity index (χ1n) is 10.7. The molecule has 34 heavy (non-hydrogen) atoms.